The molecule has 1 N–H and O–H groups in total. The number of rotatable bonds is 5. The van der Waals surface area contributed by atoms with Gasteiger partial charge in [-0.1, -0.05) is 18.2 Å². The molecule has 16 heavy (non-hydrogen) atoms. The van der Waals surface area contributed by atoms with Crippen LogP contribution in [0.4, 0.5) is 0 Å². The number of thioether (sulfide) groups is 1. The summed E-state index contributed by atoms with van der Waals surface area (Å²) >= 11 is 1.73. The summed E-state index contributed by atoms with van der Waals surface area (Å²) in [6, 6.07) is 8.42. The Labute approximate surface area is 101 Å². The van der Waals surface area contributed by atoms with Gasteiger partial charge in [0.15, 0.2) is 0 Å². The molecule has 0 unspecified atom stereocenters. The second-order valence-corrected chi connectivity index (χ2v) is 4.27. The molecule has 1 rings (SSSR count). The Balaban J connectivity index is 2.34. The van der Waals surface area contributed by atoms with Gasteiger partial charge in [0, 0.05) is 11.4 Å². The van der Waals surface area contributed by atoms with Gasteiger partial charge in [0.1, 0.15) is 0 Å². The first-order chi connectivity index (χ1) is 7.76. The minimum atomic E-state index is -0.0248. The summed E-state index contributed by atoms with van der Waals surface area (Å²) in [6.07, 6.45) is 6.21. The molecule has 86 valence electrons. The van der Waals surface area contributed by atoms with Crippen molar-refractivity contribution < 1.29 is 4.79 Å². The van der Waals surface area contributed by atoms with Gasteiger partial charge >= 0.3 is 0 Å². The van der Waals surface area contributed by atoms with E-state index in [1.54, 1.807) is 17.8 Å². The number of allylic oxidation sites excluding steroid dienone is 1. The quantitative estimate of drug-likeness (QED) is 0.628. The summed E-state index contributed by atoms with van der Waals surface area (Å²) in [6.45, 7) is 2.52. The largest absolute Gasteiger partial charge is 0.352 e. The van der Waals surface area contributed by atoms with Crippen molar-refractivity contribution in [2.45, 2.75) is 18.2 Å². The molecule has 0 saturated heterocycles. The molecule has 0 aliphatic carbocycles. The number of hydrogen-bond acceptors (Lipinski definition) is 2. The zero-order valence-corrected chi connectivity index (χ0v) is 10.5. The van der Waals surface area contributed by atoms with Gasteiger partial charge in [0.2, 0.25) is 5.91 Å². The van der Waals surface area contributed by atoms with Gasteiger partial charge in [-0.2, -0.15) is 0 Å². The van der Waals surface area contributed by atoms with Crippen molar-refractivity contribution in [2.24, 2.45) is 0 Å². The molecule has 0 aliphatic heterocycles. The van der Waals surface area contributed by atoms with E-state index in [9.17, 15) is 4.79 Å². The molecule has 0 saturated carbocycles. The van der Waals surface area contributed by atoms with Gasteiger partial charge in [0.25, 0.3) is 0 Å². The summed E-state index contributed by atoms with van der Waals surface area (Å²) < 4.78 is 0. The Kier molecular flexibility index (Phi) is 5.72. The second kappa shape index (κ2) is 7.12. The minimum absolute atomic E-state index is 0.0248. The van der Waals surface area contributed by atoms with Crippen LogP contribution in [0.1, 0.15) is 12.5 Å². The number of hydrogen-bond donors (Lipinski definition) is 1. The fourth-order valence-electron chi connectivity index (χ4n) is 1.33. The molecule has 0 aromatic heterocycles. The molecule has 0 bridgehead atoms. The molecule has 0 heterocycles. The fourth-order valence-corrected chi connectivity index (χ4v) is 1.74. The van der Waals surface area contributed by atoms with Crippen LogP contribution in [0.15, 0.2) is 41.3 Å². The number of benzene rings is 1. The third kappa shape index (κ3) is 4.53. The summed E-state index contributed by atoms with van der Waals surface area (Å²) in [4.78, 5) is 12.4. The van der Waals surface area contributed by atoms with Crippen LogP contribution in [0.5, 0.6) is 0 Å². The first kappa shape index (κ1) is 12.8. The summed E-state index contributed by atoms with van der Waals surface area (Å²) in [5.41, 5.74) is 1.25. The Hall–Kier alpha value is -1.22. The Morgan fingerprint density at radius 2 is 2.06 bits per heavy atom. The lowest BCUT2D eigenvalue weighted by Crippen LogP contribution is -2.23. The maximum atomic E-state index is 11.1. The normalized spacial score (nSPS) is 10.6. The highest BCUT2D eigenvalue weighted by Crippen LogP contribution is 2.14. The average Bonchev–Trinajstić information content (AvgIpc) is 2.30. The molecule has 1 aromatic rings. The Morgan fingerprint density at radius 1 is 1.38 bits per heavy atom. The SMILES string of the molecule is C/C=C/C(=O)NCCc1ccc(SC)cc1. The highest BCUT2D eigenvalue weighted by atomic mass is 32.2. The summed E-state index contributed by atoms with van der Waals surface area (Å²) in [7, 11) is 0. The van der Waals surface area contributed by atoms with Crippen LogP contribution >= 0.6 is 11.8 Å². The van der Waals surface area contributed by atoms with Crippen molar-refractivity contribution in [1.82, 2.24) is 5.32 Å². The maximum Gasteiger partial charge on any atom is 0.243 e. The molecule has 0 spiro atoms. The van der Waals surface area contributed by atoms with E-state index < -0.39 is 0 Å². The molecule has 3 heteroatoms. The number of nitrogens with one attached hydrogen (secondary N) is 1. The average molecular weight is 235 g/mol. The molecular formula is C13H17NOS. The van der Waals surface area contributed by atoms with Crippen molar-refractivity contribution in [3.05, 3.63) is 42.0 Å². The van der Waals surface area contributed by atoms with Gasteiger partial charge < -0.3 is 5.32 Å². The highest BCUT2D eigenvalue weighted by Gasteiger charge is 1.96. The van der Waals surface area contributed by atoms with E-state index in [2.05, 4.69) is 35.8 Å². The van der Waals surface area contributed by atoms with Crippen molar-refractivity contribution >= 4 is 17.7 Å². The Morgan fingerprint density at radius 3 is 2.62 bits per heavy atom. The summed E-state index contributed by atoms with van der Waals surface area (Å²) in [5, 5.41) is 2.83. The Bertz CT molecular complexity index is 357. The molecule has 1 aromatic carbocycles. The van der Waals surface area contributed by atoms with Crippen LogP contribution in [-0.4, -0.2) is 18.7 Å². The van der Waals surface area contributed by atoms with Gasteiger partial charge in [-0.15, -0.1) is 11.8 Å². The van der Waals surface area contributed by atoms with Crippen LogP contribution in [0.25, 0.3) is 0 Å². The maximum absolute atomic E-state index is 11.1. The monoisotopic (exact) mass is 235 g/mol. The molecule has 0 aliphatic rings. The fraction of sp³-hybridized carbons (Fsp3) is 0.308. The number of carbonyl (C=O) groups excluding carboxylic acids is 1. The second-order valence-electron chi connectivity index (χ2n) is 3.39. The topological polar surface area (TPSA) is 29.1 Å². The highest BCUT2D eigenvalue weighted by molar-refractivity contribution is 7.98. The van der Waals surface area contributed by atoms with Gasteiger partial charge in [-0.3, -0.25) is 4.79 Å². The third-order valence-corrected chi connectivity index (χ3v) is 2.93. The van der Waals surface area contributed by atoms with E-state index in [1.807, 2.05) is 6.92 Å². The van der Waals surface area contributed by atoms with Crippen LogP contribution < -0.4 is 5.32 Å². The molecule has 1 amide bonds. The van der Waals surface area contributed by atoms with Crippen LogP contribution in [0, 0.1) is 0 Å². The molecular weight excluding hydrogens is 218 g/mol. The summed E-state index contributed by atoms with van der Waals surface area (Å²) in [5.74, 6) is -0.0248. The van der Waals surface area contributed by atoms with Crippen molar-refractivity contribution in [2.75, 3.05) is 12.8 Å². The minimum Gasteiger partial charge on any atom is -0.352 e. The zero-order chi connectivity index (χ0) is 11.8. The first-order valence-electron chi connectivity index (χ1n) is 5.29. The van der Waals surface area contributed by atoms with E-state index in [1.165, 1.54) is 16.5 Å². The predicted octanol–water partition coefficient (Wildman–Crippen LogP) is 2.64. The van der Waals surface area contributed by atoms with Crippen molar-refractivity contribution in [3.63, 3.8) is 0 Å². The molecule has 0 fully saturated rings. The standard InChI is InChI=1S/C13H17NOS/c1-3-4-13(15)14-10-9-11-5-7-12(16-2)8-6-11/h3-8H,9-10H2,1-2H3,(H,14,15)/b4-3+. The lowest BCUT2D eigenvalue weighted by Gasteiger charge is -2.03. The first-order valence-corrected chi connectivity index (χ1v) is 6.52. The third-order valence-electron chi connectivity index (χ3n) is 2.19. The predicted molar refractivity (Wildman–Crippen MR) is 69.8 cm³/mol. The lowest BCUT2D eigenvalue weighted by atomic mass is 10.1. The van der Waals surface area contributed by atoms with Gasteiger partial charge in [0.05, 0.1) is 0 Å². The smallest absolute Gasteiger partial charge is 0.243 e. The van der Waals surface area contributed by atoms with E-state index in [0.717, 1.165) is 6.42 Å². The zero-order valence-electron chi connectivity index (χ0n) is 9.69. The van der Waals surface area contributed by atoms with Crippen molar-refractivity contribution in [3.8, 4) is 0 Å². The lowest BCUT2D eigenvalue weighted by molar-refractivity contribution is -0.116. The van der Waals surface area contributed by atoms with E-state index in [0.29, 0.717) is 6.54 Å². The van der Waals surface area contributed by atoms with Crippen LogP contribution in [0.3, 0.4) is 0 Å². The van der Waals surface area contributed by atoms with Gasteiger partial charge in [-0.05, 0) is 43.4 Å². The van der Waals surface area contributed by atoms with Crippen LogP contribution in [-0.2, 0) is 11.2 Å². The van der Waals surface area contributed by atoms with E-state index in [-0.39, 0.29) is 5.91 Å². The van der Waals surface area contributed by atoms with Gasteiger partial charge in [-0.25, -0.2) is 0 Å². The molecule has 0 atom stereocenters. The molecule has 2 nitrogen and oxygen atoms in total. The number of carbonyl (C=O) groups is 1. The molecule has 0 radical (unpaired) electrons. The van der Waals surface area contributed by atoms with E-state index >= 15 is 0 Å². The van der Waals surface area contributed by atoms with E-state index in [4.69, 9.17) is 0 Å². The number of amides is 1. The van der Waals surface area contributed by atoms with Crippen LogP contribution in [0.2, 0.25) is 0 Å². The van der Waals surface area contributed by atoms with Crippen molar-refractivity contribution in [1.29, 1.82) is 0 Å².